The maximum Gasteiger partial charge on any atom is 0.244 e. The number of fused-ring (bicyclic) bond motifs is 1. The minimum absolute atomic E-state index is 0.216. The highest BCUT2D eigenvalue weighted by Gasteiger charge is 2.11. The number of aryl methyl sites for hydroxylation is 1. The summed E-state index contributed by atoms with van der Waals surface area (Å²) >= 11 is 0. The molecule has 0 atom stereocenters. The fourth-order valence-electron chi connectivity index (χ4n) is 2.66. The van der Waals surface area contributed by atoms with Gasteiger partial charge in [0.2, 0.25) is 11.8 Å². The molecule has 0 aliphatic carbocycles. The number of pyridine rings is 1. The predicted octanol–water partition coefficient (Wildman–Crippen LogP) is 2.82. The van der Waals surface area contributed by atoms with Crippen LogP contribution in [-0.4, -0.2) is 19.9 Å². The van der Waals surface area contributed by atoms with Gasteiger partial charge in [0, 0.05) is 29.0 Å². The van der Waals surface area contributed by atoms with E-state index in [4.69, 9.17) is 15.9 Å². The first-order valence-electron chi connectivity index (χ1n) is 7.30. The number of anilines is 2. The van der Waals surface area contributed by atoms with Crippen LogP contribution in [0.4, 0.5) is 11.6 Å². The molecule has 4 N–H and O–H groups in total. The van der Waals surface area contributed by atoms with Gasteiger partial charge in [-0.2, -0.15) is 0 Å². The van der Waals surface area contributed by atoms with E-state index in [1.165, 1.54) is 6.26 Å². The van der Waals surface area contributed by atoms with Crippen molar-refractivity contribution < 1.29 is 4.42 Å². The van der Waals surface area contributed by atoms with E-state index >= 15 is 0 Å². The van der Waals surface area contributed by atoms with Crippen LogP contribution in [0, 0.1) is 6.92 Å². The first-order chi connectivity index (χ1) is 11.6. The van der Waals surface area contributed by atoms with Gasteiger partial charge in [-0.15, -0.1) is 0 Å². The fraction of sp³-hybridized carbons (Fsp3) is 0.0588. The van der Waals surface area contributed by atoms with Gasteiger partial charge < -0.3 is 15.9 Å². The molecule has 4 rings (SSSR count). The van der Waals surface area contributed by atoms with Gasteiger partial charge in [0.25, 0.3) is 0 Å². The van der Waals surface area contributed by atoms with Crippen LogP contribution in [0.25, 0.3) is 33.6 Å². The SMILES string of the molecule is Cc1cc(-c2ncco2)ncc1-c1cc(N)c2cnc(N)nc2c1. The van der Waals surface area contributed by atoms with Crippen LogP contribution in [0.2, 0.25) is 0 Å². The van der Waals surface area contributed by atoms with Crippen molar-refractivity contribution in [1.29, 1.82) is 0 Å². The maximum absolute atomic E-state index is 6.14. The first kappa shape index (κ1) is 14.1. The summed E-state index contributed by atoms with van der Waals surface area (Å²) in [6, 6.07) is 5.74. The van der Waals surface area contributed by atoms with Crippen molar-refractivity contribution in [1.82, 2.24) is 19.9 Å². The molecule has 0 bridgehead atoms. The molecule has 0 fully saturated rings. The van der Waals surface area contributed by atoms with Gasteiger partial charge in [-0.3, -0.25) is 4.98 Å². The Morgan fingerprint density at radius 3 is 2.62 bits per heavy atom. The van der Waals surface area contributed by atoms with Gasteiger partial charge in [-0.05, 0) is 36.2 Å². The zero-order chi connectivity index (χ0) is 16.7. The Labute approximate surface area is 137 Å². The number of hydrogen-bond donors (Lipinski definition) is 2. The topological polar surface area (TPSA) is 117 Å². The number of rotatable bonds is 2. The molecule has 0 aliphatic heterocycles. The summed E-state index contributed by atoms with van der Waals surface area (Å²) in [5.74, 6) is 0.705. The Hall–Kier alpha value is -3.48. The maximum atomic E-state index is 6.14. The molecule has 0 spiro atoms. The Morgan fingerprint density at radius 2 is 1.88 bits per heavy atom. The third kappa shape index (κ3) is 2.32. The van der Waals surface area contributed by atoms with Gasteiger partial charge in [0.15, 0.2) is 0 Å². The van der Waals surface area contributed by atoms with E-state index in [2.05, 4.69) is 19.9 Å². The highest BCUT2D eigenvalue weighted by Crippen LogP contribution is 2.31. The number of nitrogens with zero attached hydrogens (tertiary/aromatic N) is 4. The number of hydrogen-bond acceptors (Lipinski definition) is 7. The number of benzene rings is 1. The van der Waals surface area contributed by atoms with Crippen LogP contribution in [0.1, 0.15) is 5.56 Å². The van der Waals surface area contributed by atoms with Gasteiger partial charge in [0.1, 0.15) is 12.0 Å². The highest BCUT2D eigenvalue weighted by molar-refractivity contribution is 5.94. The molecule has 0 amide bonds. The summed E-state index contributed by atoms with van der Waals surface area (Å²) in [5.41, 5.74) is 16.7. The molecule has 24 heavy (non-hydrogen) atoms. The normalized spacial score (nSPS) is 11.0. The Balaban J connectivity index is 1.85. The molecule has 3 aromatic heterocycles. The second-order valence-electron chi connectivity index (χ2n) is 5.45. The highest BCUT2D eigenvalue weighted by atomic mass is 16.3. The zero-order valence-electron chi connectivity index (χ0n) is 12.9. The molecule has 118 valence electrons. The Kier molecular flexibility index (Phi) is 3.13. The lowest BCUT2D eigenvalue weighted by atomic mass is 10.00. The molecule has 0 aliphatic rings. The smallest absolute Gasteiger partial charge is 0.244 e. The van der Waals surface area contributed by atoms with Crippen molar-refractivity contribution in [2.75, 3.05) is 11.5 Å². The molecular formula is C17H14N6O. The van der Waals surface area contributed by atoms with Crippen molar-refractivity contribution >= 4 is 22.5 Å². The molecule has 3 heterocycles. The van der Waals surface area contributed by atoms with Crippen molar-refractivity contribution in [3.63, 3.8) is 0 Å². The largest absolute Gasteiger partial charge is 0.443 e. The van der Waals surface area contributed by atoms with Crippen LogP contribution in [0.5, 0.6) is 0 Å². The molecule has 0 saturated heterocycles. The first-order valence-corrected chi connectivity index (χ1v) is 7.30. The van der Waals surface area contributed by atoms with Crippen molar-refractivity contribution in [3.05, 3.63) is 48.6 Å². The molecule has 4 aromatic rings. The van der Waals surface area contributed by atoms with E-state index in [0.717, 1.165) is 22.1 Å². The average molecular weight is 318 g/mol. The van der Waals surface area contributed by atoms with Crippen LogP contribution in [-0.2, 0) is 0 Å². The van der Waals surface area contributed by atoms with E-state index < -0.39 is 0 Å². The zero-order valence-corrected chi connectivity index (χ0v) is 12.9. The molecule has 1 aromatic carbocycles. The summed E-state index contributed by atoms with van der Waals surface area (Å²) in [7, 11) is 0. The number of oxazole rings is 1. The third-order valence-electron chi connectivity index (χ3n) is 3.82. The van der Waals surface area contributed by atoms with Gasteiger partial charge in [-0.1, -0.05) is 0 Å². The summed E-state index contributed by atoms with van der Waals surface area (Å²) in [5, 5.41) is 0.773. The third-order valence-corrected chi connectivity index (χ3v) is 3.82. The second kappa shape index (κ2) is 5.31. The van der Waals surface area contributed by atoms with Crippen LogP contribution in [0.3, 0.4) is 0 Å². The molecule has 7 heteroatoms. The number of nitrogens with two attached hydrogens (primary N) is 2. The van der Waals surface area contributed by atoms with E-state index in [1.54, 1.807) is 18.6 Å². The molecule has 0 unspecified atom stereocenters. The van der Waals surface area contributed by atoms with Crippen LogP contribution < -0.4 is 11.5 Å². The summed E-state index contributed by atoms with van der Waals surface area (Å²) in [6.45, 7) is 2.00. The molecular weight excluding hydrogens is 304 g/mol. The summed E-state index contributed by atoms with van der Waals surface area (Å²) in [4.78, 5) is 16.8. The van der Waals surface area contributed by atoms with E-state index in [-0.39, 0.29) is 5.95 Å². The van der Waals surface area contributed by atoms with Crippen LogP contribution in [0.15, 0.2) is 47.5 Å². The van der Waals surface area contributed by atoms with Crippen molar-refractivity contribution in [2.45, 2.75) is 6.92 Å². The standard InChI is InChI=1S/C17H14N6O/c1-9-4-15(16-20-2-3-24-16)21-7-11(9)10-5-13(18)12-8-22-17(19)23-14(12)6-10/h2-8H,18H2,1H3,(H2,19,22,23). The van der Waals surface area contributed by atoms with Gasteiger partial charge in [0.05, 0.1) is 11.7 Å². The molecule has 7 nitrogen and oxygen atoms in total. The summed E-state index contributed by atoms with van der Waals surface area (Å²) < 4.78 is 5.29. The average Bonchev–Trinajstić information content (AvgIpc) is 3.08. The Morgan fingerprint density at radius 1 is 1.00 bits per heavy atom. The lowest BCUT2D eigenvalue weighted by Gasteiger charge is -2.10. The minimum Gasteiger partial charge on any atom is -0.443 e. The lowest BCUT2D eigenvalue weighted by molar-refractivity contribution is 0.572. The molecule has 0 saturated carbocycles. The Bertz CT molecular complexity index is 1040. The summed E-state index contributed by atoms with van der Waals surface area (Å²) in [6.07, 6.45) is 6.52. The van der Waals surface area contributed by atoms with E-state index in [0.29, 0.717) is 22.8 Å². The van der Waals surface area contributed by atoms with Crippen molar-refractivity contribution in [2.24, 2.45) is 0 Å². The van der Waals surface area contributed by atoms with Gasteiger partial charge in [-0.25, -0.2) is 15.0 Å². The van der Waals surface area contributed by atoms with Gasteiger partial charge >= 0.3 is 0 Å². The quantitative estimate of drug-likeness (QED) is 0.546. The van der Waals surface area contributed by atoms with E-state index in [9.17, 15) is 0 Å². The van der Waals surface area contributed by atoms with E-state index in [1.807, 2.05) is 25.1 Å². The fourth-order valence-corrected chi connectivity index (χ4v) is 2.66. The minimum atomic E-state index is 0.216. The lowest BCUT2D eigenvalue weighted by Crippen LogP contribution is -1.98. The second-order valence-corrected chi connectivity index (χ2v) is 5.45. The molecule has 0 radical (unpaired) electrons. The van der Waals surface area contributed by atoms with Crippen molar-refractivity contribution in [3.8, 4) is 22.7 Å². The van der Waals surface area contributed by atoms with Crippen LogP contribution >= 0.6 is 0 Å². The predicted molar refractivity (Wildman–Crippen MR) is 91.8 cm³/mol. The monoisotopic (exact) mass is 318 g/mol. The number of nitrogen functional groups attached to an aromatic ring is 2. The number of aromatic nitrogens is 4.